The summed E-state index contributed by atoms with van der Waals surface area (Å²) in [5.41, 5.74) is 0.556. The van der Waals surface area contributed by atoms with Crippen LogP contribution in [-0.2, 0) is 7.05 Å². The van der Waals surface area contributed by atoms with Gasteiger partial charge in [0.05, 0.1) is 18.1 Å². The number of rotatable bonds is 3. The second-order valence-electron chi connectivity index (χ2n) is 3.95. The fourth-order valence-corrected chi connectivity index (χ4v) is 1.81. The smallest absolute Gasteiger partial charge is 0.194 e. The Kier molecular flexibility index (Phi) is 3.38. The molecule has 1 aromatic heterocycles. The van der Waals surface area contributed by atoms with E-state index in [0.717, 1.165) is 6.07 Å². The molecule has 0 spiro atoms. The SMILES string of the molecule is CNC(c1cn(C)cn1)c1ccc(F)c(F)c1F. The molecule has 0 aliphatic rings. The third-order valence-corrected chi connectivity index (χ3v) is 2.69. The molecule has 0 saturated heterocycles. The normalized spacial score (nSPS) is 12.7. The molecule has 1 atom stereocenters. The van der Waals surface area contributed by atoms with E-state index in [2.05, 4.69) is 10.3 Å². The zero-order valence-electron chi connectivity index (χ0n) is 9.92. The number of benzene rings is 1. The lowest BCUT2D eigenvalue weighted by Crippen LogP contribution is -2.20. The molecule has 96 valence electrons. The summed E-state index contributed by atoms with van der Waals surface area (Å²) < 4.78 is 41.5. The van der Waals surface area contributed by atoms with Crippen LogP contribution in [0.3, 0.4) is 0 Å². The molecular formula is C12H12F3N3. The first-order valence-corrected chi connectivity index (χ1v) is 5.33. The summed E-state index contributed by atoms with van der Waals surface area (Å²) in [6, 6.07) is 1.49. The summed E-state index contributed by atoms with van der Waals surface area (Å²) in [6.07, 6.45) is 3.24. The minimum atomic E-state index is -1.47. The average molecular weight is 255 g/mol. The maximum atomic E-state index is 13.7. The van der Waals surface area contributed by atoms with Crippen LogP contribution >= 0.6 is 0 Å². The number of halogens is 3. The van der Waals surface area contributed by atoms with Crippen LogP contribution in [0.5, 0.6) is 0 Å². The average Bonchev–Trinajstić information content (AvgIpc) is 2.77. The molecular weight excluding hydrogens is 243 g/mol. The van der Waals surface area contributed by atoms with Crippen LogP contribution < -0.4 is 5.32 Å². The molecule has 1 unspecified atom stereocenters. The molecule has 0 fully saturated rings. The van der Waals surface area contributed by atoms with E-state index in [9.17, 15) is 13.2 Å². The molecule has 2 aromatic rings. The van der Waals surface area contributed by atoms with Gasteiger partial charge in [-0.25, -0.2) is 18.2 Å². The number of aromatic nitrogens is 2. The number of imidazole rings is 1. The van der Waals surface area contributed by atoms with Gasteiger partial charge in [0.15, 0.2) is 17.5 Å². The molecule has 0 bridgehead atoms. The van der Waals surface area contributed by atoms with Crippen molar-refractivity contribution in [2.45, 2.75) is 6.04 Å². The number of aryl methyl sites for hydroxylation is 1. The van der Waals surface area contributed by atoms with Crippen LogP contribution in [0.25, 0.3) is 0 Å². The maximum Gasteiger partial charge on any atom is 0.194 e. The van der Waals surface area contributed by atoms with E-state index < -0.39 is 23.5 Å². The summed E-state index contributed by atoms with van der Waals surface area (Å²) in [5, 5.41) is 2.83. The van der Waals surface area contributed by atoms with Gasteiger partial charge in [-0.15, -0.1) is 0 Å². The molecule has 1 heterocycles. The zero-order valence-corrected chi connectivity index (χ0v) is 9.92. The number of nitrogens with one attached hydrogen (secondary N) is 1. The largest absolute Gasteiger partial charge is 0.340 e. The highest BCUT2D eigenvalue weighted by molar-refractivity contribution is 5.29. The number of hydrogen-bond acceptors (Lipinski definition) is 2. The molecule has 18 heavy (non-hydrogen) atoms. The van der Waals surface area contributed by atoms with Gasteiger partial charge < -0.3 is 9.88 Å². The van der Waals surface area contributed by atoms with Crippen molar-refractivity contribution in [2.24, 2.45) is 7.05 Å². The van der Waals surface area contributed by atoms with Crippen molar-refractivity contribution in [3.8, 4) is 0 Å². The summed E-state index contributed by atoms with van der Waals surface area (Å²) in [7, 11) is 3.37. The van der Waals surface area contributed by atoms with Crippen molar-refractivity contribution in [2.75, 3.05) is 7.05 Å². The Labute approximate surface area is 102 Å². The first-order valence-electron chi connectivity index (χ1n) is 5.33. The van der Waals surface area contributed by atoms with Crippen molar-refractivity contribution in [3.05, 3.63) is 53.4 Å². The molecule has 3 nitrogen and oxygen atoms in total. The fraction of sp³-hybridized carbons (Fsp3) is 0.250. The van der Waals surface area contributed by atoms with Gasteiger partial charge in [0.1, 0.15) is 0 Å². The van der Waals surface area contributed by atoms with E-state index in [0.29, 0.717) is 5.69 Å². The Balaban J connectivity index is 2.49. The van der Waals surface area contributed by atoms with Crippen molar-refractivity contribution in [1.82, 2.24) is 14.9 Å². The van der Waals surface area contributed by atoms with Crippen molar-refractivity contribution >= 4 is 0 Å². The Morgan fingerprint density at radius 1 is 1.22 bits per heavy atom. The van der Waals surface area contributed by atoms with Gasteiger partial charge in [-0.3, -0.25) is 0 Å². The molecule has 2 rings (SSSR count). The van der Waals surface area contributed by atoms with E-state index in [-0.39, 0.29) is 5.56 Å². The van der Waals surface area contributed by atoms with Crippen LogP contribution in [0, 0.1) is 17.5 Å². The van der Waals surface area contributed by atoms with Crippen LogP contribution in [0.1, 0.15) is 17.3 Å². The Bertz CT molecular complexity index is 566. The number of nitrogens with zero attached hydrogens (tertiary/aromatic N) is 2. The molecule has 6 heteroatoms. The van der Waals surface area contributed by atoms with E-state index in [4.69, 9.17) is 0 Å². The van der Waals surface area contributed by atoms with E-state index in [1.165, 1.54) is 6.07 Å². The van der Waals surface area contributed by atoms with Gasteiger partial charge in [-0.2, -0.15) is 0 Å². The monoisotopic (exact) mass is 255 g/mol. The predicted molar refractivity (Wildman–Crippen MR) is 60.4 cm³/mol. The topological polar surface area (TPSA) is 29.9 Å². The van der Waals surface area contributed by atoms with Gasteiger partial charge in [-0.1, -0.05) is 6.07 Å². The first kappa shape index (κ1) is 12.6. The lowest BCUT2D eigenvalue weighted by atomic mass is 10.0. The van der Waals surface area contributed by atoms with Crippen molar-refractivity contribution in [3.63, 3.8) is 0 Å². The Morgan fingerprint density at radius 2 is 1.94 bits per heavy atom. The van der Waals surface area contributed by atoms with E-state index >= 15 is 0 Å². The molecule has 0 aliphatic carbocycles. The summed E-state index contributed by atoms with van der Waals surface area (Å²) in [4.78, 5) is 4.07. The molecule has 0 aliphatic heterocycles. The number of hydrogen-bond donors (Lipinski definition) is 1. The fourth-order valence-electron chi connectivity index (χ4n) is 1.81. The highest BCUT2D eigenvalue weighted by Crippen LogP contribution is 2.25. The van der Waals surface area contributed by atoms with Crippen LogP contribution in [0.4, 0.5) is 13.2 Å². The van der Waals surface area contributed by atoms with Gasteiger partial charge in [0.2, 0.25) is 0 Å². The van der Waals surface area contributed by atoms with Gasteiger partial charge >= 0.3 is 0 Å². The second-order valence-corrected chi connectivity index (χ2v) is 3.95. The third-order valence-electron chi connectivity index (χ3n) is 2.69. The lowest BCUT2D eigenvalue weighted by Gasteiger charge is -2.15. The van der Waals surface area contributed by atoms with Crippen LogP contribution in [-0.4, -0.2) is 16.6 Å². The first-order chi connectivity index (χ1) is 8.54. The predicted octanol–water partition coefficient (Wildman–Crippen LogP) is 2.15. The molecule has 0 amide bonds. The van der Waals surface area contributed by atoms with Crippen molar-refractivity contribution < 1.29 is 13.2 Å². The second kappa shape index (κ2) is 4.81. The minimum Gasteiger partial charge on any atom is -0.340 e. The lowest BCUT2D eigenvalue weighted by molar-refractivity contribution is 0.434. The zero-order chi connectivity index (χ0) is 13.3. The van der Waals surface area contributed by atoms with E-state index in [1.54, 1.807) is 31.2 Å². The highest BCUT2D eigenvalue weighted by atomic mass is 19.2. The Morgan fingerprint density at radius 3 is 2.50 bits per heavy atom. The van der Waals surface area contributed by atoms with Crippen molar-refractivity contribution in [1.29, 1.82) is 0 Å². The molecule has 0 radical (unpaired) electrons. The van der Waals surface area contributed by atoms with Gasteiger partial charge in [0.25, 0.3) is 0 Å². The Hall–Kier alpha value is -1.82. The van der Waals surface area contributed by atoms with Crippen LogP contribution in [0.2, 0.25) is 0 Å². The third kappa shape index (κ3) is 2.11. The standard InChI is InChI=1S/C12H12F3N3/c1-16-12(9-5-18(2)6-17-9)7-3-4-8(13)11(15)10(7)14/h3-6,12,16H,1-2H3. The van der Waals surface area contributed by atoms with E-state index in [1.807, 2.05) is 0 Å². The molecule has 1 aromatic carbocycles. The summed E-state index contributed by atoms with van der Waals surface area (Å²) in [5.74, 6) is -3.86. The highest BCUT2D eigenvalue weighted by Gasteiger charge is 2.22. The van der Waals surface area contributed by atoms with Gasteiger partial charge in [0, 0.05) is 18.8 Å². The quantitative estimate of drug-likeness (QED) is 0.852. The maximum absolute atomic E-state index is 13.7. The van der Waals surface area contributed by atoms with Crippen LogP contribution in [0.15, 0.2) is 24.7 Å². The molecule has 1 N–H and O–H groups in total. The minimum absolute atomic E-state index is 0.0232. The van der Waals surface area contributed by atoms with Gasteiger partial charge in [-0.05, 0) is 13.1 Å². The molecule has 0 saturated carbocycles. The summed E-state index contributed by atoms with van der Waals surface area (Å²) >= 11 is 0. The summed E-state index contributed by atoms with van der Waals surface area (Å²) in [6.45, 7) is 0.